The Hall–Kier alpha value is -3.96. The van der Waals surface area contributed by atoms with E-state index in [2.05, 4.69) is 41.2 Å². The topological polar surface area (TPSA) is 143 Å². The standard InChI is InChI=1S/C35H40N4O8S/c1-7-8-24(40)37-20-13-48-34-27-26(33-32(46-15-47-33)18(4)30(27)41)23(12-44-35(20)42)39-22(11-36)21-10-19-9-16(2)17(3)31(45-14-43-6)25(19)28(29(34)39)38(21)5/h7-9,20-23,28-29,34,41H,10,12-15H2,1-6H3,(H,37,40)/b8-7+/t20-,21-,22-,23-,28+,29?,34+/m0/s1. The van der Waals surface area contributed by atoms with Crippen LogP contribution in [0.2, 0.25) is 0 Å². The lowest BCUT2D eigenvalue weighted by atomic mass is 9.71. The number of phenolic OH excluding ortho intramolecular Hbond substituents is 1. The highest BCUT2D eigenvalue weighted by atomic mass is 32.2. The molecule has 2 N–H and O–H groups in total. The van der Waals surface area contributed by atoms with Gasteiger partial charge >= 0.3 is 5.97 Å². The number of benzene rings is 2. The molecule has 0 spiro atoms. The Morgan fingerprint density at radius 2 is 1.96 bits per heavy atom. The van der Waals surface area contributed by atoms with Crippen molar-refractivity contribution in [1.29, 1.82) is 5.26 Å². The van der Waals surface area contributed by atoms with Crippen LogP contribution in [0.25, 0.3) is 0 Å². The number of nitrogens with one attached hydrogen (secondary N) is 1. The number of hydrogen-bond acceptors (Lipinski definition) is 12. The molecule has 2 fully saturated rings. The van der Waals surface area contributed by atoms with Crippen molar-refractivity contribution in [2.45, 2.75) is 75.6 Å². The first-order chi connectivity index (χ1) is 23.1. The number of nitriles is 1. The maximum absolute atomic E-state index is 13.6. The van der Waals surface area contributed by atoms with Crippen LogP contribution in [0.4, 0.5) is 0 Å². The van der Waals surface area contributed by atoms with Crippen molar-refractivity contribution >= 4 is 23.6 Å². The molecule has 254 valence electrons. The molecule has 0 radical (unpaired) electrons. The van der Waals surface area contributed by atoms with E-state index in [1.54, 1.807) is 27.0 Å². The van der Waals surface area contributed by atoms with Crippen LogP contribution in [0.3, 0.4) is 0 Å². The number of amides is 1. The molecular formula is C35H40N4O8S. The van der Waals surface area contributed by atoms with Gasteiger partial charge in [0.05, 0.1) is 23.4 Å². The summed E-state index contributed by atoms with van der Waals surface area (Å²) in [5.74, 6) is 0.994. The fraction of sp³-hybridized carbons (Fsp3) is 0.514. The molecule has 4 bridgehead atoms. The minimum absolute atomic E-state index is 0.0132. The highest BCUT2D eigenvalue weighted by molar-refractivity contribution is 7.99. The lowest BCUT2D eigenvalue weighted by Gasteiger charge is -2.61. The highest BCUT2D eigenvalue weighted by Gasteiger charge is 2.60. The first kappa shape index (κ1) is 32.6. The van der Waals surface area contributed by atoms with Crippen molar-refractivity contribution in [3.05, 3.63) is 57.2 Å². The zero-order chi connectivity index (χ0) is 34.0. The Morgan fingerprint density at radius 1 is 1.19 bits per heavy atom. The molecule has 1 unspecified atom stereocenters. The van der Waals surface area contributed by atoms with Gasteiger partial charge in [0.1, 0.15) is 30.2 Å². The second kappa shape index (κ2) is 12.5. The predicted molar refractivity (Wildman–Crippen MR) is 176 cm³/mol. The van der Waals surface area contributed by atoms with Gasteiger partial charge in [-0.25, -0.2) is 4.79 Å². The van der Waals surface area contributed by atoms with Gasteiger partial charge in [-0.2, -0.15) is 5.26 Å². The van der Waals surface area contributed by atoms with Crippen LogP contribution in [0.5, 0.6) is 23.0 Å². The van der Waals surface area contributed by atoms with Gasteiger partial charge < -0.3 is 34.1 Å². The Kier molecular flexibility index (Phi) is 8.48. The van der Waals surface area contributed by atoms with E-state index in [4.69, 9.17) is 23.7 Å². The Bertz CT molecular complexity index is 1760. The Balaban J connectivity index is 1.48. The van der Waals surface area contributed by atoms with Gasteiger partial charge in [-0.3, -0.25) is 14.6 Å². The molecule has 2 aromatic carbocycles. The number of methoxy groups -OCH3 is 1. The van der Waals surface area contributed by atoms with Gasteiger partial charge in [0, 0.05) is 47.2 Å². The zero-order valence-electron chi connectivity index (χ0n) is 27.9. The fourth-order valence-corrected chi connectivity index (χ4v) is 9.84. The molecule has 0 saturated carbocycles. The maximum Gasteiger partial charge on any atom is 0.329 e. The van der Waals surface area contributed by atoms with Crippen molar-refractivity contribution in [2.75, 3.05) is 40.1 Å². The zero-order valence-corrected chi connectivity index (χ0v) is 28.7. The van der Waals surface area contributed by atoms with Gasteiger partial charge in [0.15, 0.2) is 18.3 Å². The maximum atomic E-state index is 13.6. The first-order valence-corrected chi connectivity index (χ1v) is 17.2. The first-order valence-electron chi connectivity index (χ1n) is 16.1. The summed E-state index contributed by atoms with van der Waals surface area (Å²) in [7, 11) is 3.65. The second-order valence-electron chi connectivity index (χ2n) is 13.0. The highest BCUT2D eigenvalue weighted by Crippen LogP contribution is 2.63. The fourth-order valence-electron chi connectivity index (χ4n) is 8.33. The molecule has 12 nitrogen and oxygen atoms in total. The number of allylic oxidation sites excluding steroid dienone is 1. The number of carbonyl (C=O) groups is 2. The predicted octanol–water partition coefficient (Wildman–Crippen LogP) is 3.65. The van der Waals surface area contributed by atoms with Crippen molar-refractivity contribution in [3.8, 4) is 29.1 Å². The number of likely N-dealkylation sites (N-methyl/N-ethyl adjacent to an activating group) is 1. The quantitative estimate of drug-likeness (QED) is 0.271. The summed E-state index contributed by atoms with van der Waals surface area (Å²) >= 11 is 1.45. The van der Waals surface area contributed by atoms with E-state index in [0.717, 1.165) is 28.0 Å². The normalized spacial score (nSPS) is 29.0. The molecule has 7 atom stereocenters. The molecule has 6 aliphatic rings. The number of fused-ring (bicyclic) bond motifs is 10. The number of nitrogens with zero attached hydrogens (tertiary/aromatic N) is 3. The van der Waals surface area contributed by atoms with Crippen LogP contribution >= 0.6 is 11.8 Å². The van der Waals surface area contributed by atoms with Gasteiger partial charge in [-0.1, -0.05) is 12.1 Å². The number of aryl methyl sites for hydroxylation is 1. The second-order valence-corrected chi connectivity index (χ2v) is 14.2. The molecule has 0 aliphatic carbocycles. The van der Waals surface area contributed by atoms with Crippen molar-refractivity contribution in [2.24, 2.45) is 0 Å². The number of ether oxygens (including phenoxy) is 5. The van der Waals surface area contributed by atoms with Crippen LogP contribution in [0.15, 0.2) is 18.2 Å². The molecule has 48 heavy (non-hydrogen) atoms. The number of hydrogen-bond donors (Lipinski definition) is 2. The summed E-state index contributed by atoms with van der Waals surface area (Å²) in [6.07, 6.45) is 3.59. The van der Waals surface area contributed by atoms with Crippen LogP contribution in [0, 0.1) is 32.1 Å². The summed E-state index contributed by atoms with van der Waals surface area (Å²) in [6, 6.07) is 1.79. The minimum Gasteiger partial charge on any atom is -0.507 e. The summed E-state index contributed by atoms with van der Waals surface area (Å²) in [6.45, 7) is 7.58. The average Bonchev–Trinajstić information content (AvgIpc) is 3.55. The largest absolute Gasteiger partial charge is 0.507 e. The summed E-state index contributed by atoms with van der Waals surface area (Å²) < 4.78 is 29.7. The molecule has 1 amide bonds. The van der Waals surface area contributed by atoms with Crippen LogP contribution in [-0.2, 0) is 25.5 Å². The third kappa shape index (κ3) is 4.83. The monoisotopic (exact) mass is 676 g/mol. The number of aromatic hydroxyl groups is 1. The molecule has 8 rings (SSSR count). The lowest BCUT2D eigenvalue weighted by molar-refractivity contribution is -0.152. The van der Waals surface area contributed by atoms with Crippen LogP contribution in [0.1, 0.15) is 63.2 Å². The van der Waals surface area contributed by atoms with Gasteiger partial charge in [-0.05, 0) is 63.9 Å². The summed E-state index contributed by atoms with van der Waals surface area (Å²) in [5.41, 5.74) is 6.14. The van der Waals surface area contributed by atoms with E-state index in [0.29, 0.717) is 34.6 Å². The number of thioether (sulfide) groups is 1. The van der Waals surface area contributed by atoms with E-state index >= 15 is 0 Å². The SMILES string of the molecule is C/C=C/C(=O)N[C@H]1CS[C@@H]2c3c(O)c(C)c4c(c3[C@H](COC1=O)N1C2[C@H]2c3c(cc(C)c(C)c3OCOC)C[C@@H]([C@@H]1C#N)N2C)OCO4. The molecule has 6 heterocycles. The molecule has 2 saturated heterocycles. The van der Waals surface area contributed by atoms with Crippen LogP contribution < -0.4 is 19.5 Å². The van der Waals surface area contributed by atoms with Crippen LogP contribution in [-0.4, -0.2) is 91.1 Å². The number of rotatable bonds is 5. The van der Waals surface area contributed by atoms with E-state index in [-0.39, 0.29) is 49.8 Å². The average molecular weight is 677 g/mol. The minimum atomic E-state index is -0.933. The number of piperazine rings is 1. The molecular weight excluding hydrogens is 636 g/mol. The van der Waals surface area contributed by atoms with E-state index in [9.17, 15) is 20.0 Å². The molecule has 13 heteroatoms. The van der Waals surface area contributed by atoms with Gasteiger partial charge in [0.25, 0.3) is 0 Å². The smallest absolute Gasteiger partial charge is 0.329 e. The number of esters is 1. The molecule has 2 aromatic rings. The molecule has 6 aliphatic heterocycles. The summed E-state index contributed by atoms with van der Waals surface area (Å²) in [4.78, 5) is 30.7. The van der Waals surface area contributed by atoms with E-state index in [1.165, 1.54) is 17.8 Å². The Morgan fingerprint density at radius 3 is 2.69 bits per heavy atom. The van der Waals surface area contributed by atoms with Crippen molar-refractivity contribution in [1.82, 2.24) is 15.1 Å². The lowest BCUT2D eigenvalue weighted by Crippen LogP contribution is -2.69. The van der Waals surface area contributed by atoms with E-state index < -0.39 is 35.3 Å². The number of carbonyl (C=O) groups excluding carboxylic acids is 2. The van der Waals surface area contributed by atoms with Gasteiger partial charge in [-0.15, -0.1) is 11.8 Å². The third-order valence-corrected chi connectivity index (χ3v) is 11.9. The van der Waals surface area contributed by atoms with Crippen molar-refractivity contribution in [3.63, 3.8) is 0 Å². The van der Waals surface area contributed by atoms with Crippen molar-refractivity contribution < 1.29 is 38.4 Å². The summed E-state index contributed by atoms with van der Waals surface area (Å²) in [5, 5.41) is 25.3. The third-order valence-electron chi connectivity index (χ3n) is 10.5. The Labute approximate surface area is 283 Å². The van der Waals surface area contributed by atoms with E-state index in [1.807, 2.05) is 6.92 Å². The van der Waals surface area contributed by atoms with Gasteiger partial charge in [0.2, 0.25) is 12.7 Å². The number of phenols is 1. The molecule has 0 aromatic heterocycles.